The number of hydrogen-bond donors (Lipinski definition) is 1. The van der Waals surface area contributed by atoms with Crippen LogP contribution >= 0.6 is 11.3 Å². The van der Waals surface area contributed by atoms with E-state index in [1.54, 1.807) is 6.07 Å². The zero-order valence-electron chi connectivity index (χ0n) is 12.4. The number of nitro benzene ring substituents is 1. The Balaban J connectivity index is 1.66. The van der Waals surface area contributed by atoms with E-state index in [4.69, 9.17) is 0 Å². The molecule has 1 aliphatic carbocycles. The summed E-state index contributed by atoms with van der Waals surface area (Å²) in [5.41, 5.74) is 4.43. The Morgan fingerprint density at radius 3 is 3.13 bits per heavy atom. The Bertz CT molecular complexity index is 754. The van der Waals surface area contributed by atoms with Crippen molar-refractivity contribution in [2.45, 2.75) is 19.3 Å². The average molecular weight is 328 g/mol. The maximum Gasteiger partial charge on any atom is 0.270 e. The van der Waals surface area contributed by atoms with Crippen molar-refractivity contribution in [1.82, 2.24) is 4.98 Å². The maximum atomic E-state index is 10.8. The Kier molecular flexibility index (Phi) is 4.77. The molecule has 1 aromatic carbocycles. The maximum absolute atomic E-state index is 10.8. The zero-order chi connectivity index (χ0) is 16.1. The normalized spacial score (nSPS) is 17.5. The Morgan fingerprint density at radius 1 is 1.43 bits per heavy atom. The molecule has 0 aliphatic heterocycles. The first-order valence-corrected chi connectivity index (χ1v) is 8.25. The number of thiazole rings is 1. The predicted molar refractivity (Wildman–Crippen MR) is 92.8 cm³/mol. The van der Waals surface area contributed by atoms with Crippen molar-refractivity contribution < 1.29 is 4.92 Å². The number of allylic oxidation sites excluding steroid dienone is 2. The van der Waals surface area contributed by atoms with Crippen molar-refractivity contribution in [2.24, 2.45) is 11.0 Å². The van der Waals surface area contributed by atoms with E-state index in [2.05, 4.69) is 27.7 Å². The molecule has 0 fully saturated rings. The minimum Gasteiger partial charge on any atom is -0.258 e. The van der Waals surface area contributed by atoms with E-state index in [0.717, 1.165) is 24.8 Å². The van der Waals surface area contributed by atoms with E-state index in [1.165, 1.54) is 23.5 Å². The number of nitrogens with one attached hydrogen (secondary N) is 1. The molecule has 0 radical (unpaired) electrons. The van der Waals surface area contributed by atoms with Crippen LogP contribution < -0.4 is 5.43 Å². The second kappa shape index (κ2) is 7.15. The van der Waals surface area contributed by atoms with Crippen molar-refractivity contribution in [3.8, 4) is 11.3 Å². The van der Waals surface area contributed by atoms with Gasteiger partial charge in [0.2, 0.25) is 5.13 Å². The van der Waals surface area contributed by atoms with Gasteiger partial charge in [0.15, 0.2) is 0 Å². The van der Waals surface area contributed by atoms with Gasteiger partial charge in [-0.25, -0.2) is 4.98 Å². The Labute approximate surface area is 137 Å². The van der Waals surface area contributed by atoms with Gasteiger partial charge in [-0.3, -0.25) is 15.5 Å². The lowest BCUT2D eigenvalue weighted by molar-refractivity contribution is -0.384. The number of rotatable bonds is 5. The first-order chi connectivity index (χ1) is 11.2. The lowest BCUT2D eigenvalue weighted by Crippen LogP contribution is -2.04. The molecule has 0 bridgehead atoms. The second-order valence-corrected chi connectivity index (χ2v) is 6.14. The van der Waals surface area contributed by atoms with Gasteiger partial charge in [-0.15, -0.1) is 11.3 Å². The summed E-state index contributed by atoms with van der Waals surface area (Å²) < 4.78 is 0. The quantitative estimate of drug-likeness (QED) is 0.380. The van der Waals surface area contributed by atoms with Crippen molar-refractivity contribution in [2.75, 3.05) is 5.43 Å². The van der Waals surface area contributed by atoms with Gasteiger partial charge in [0.05, 0.1) is 10.6 Å². The molecule has 1 heterocycles. The van der Waals surface area contributed by atoms with Crippen molar-refractivity contribution in [3.63, 3.8) is 0 Å². The number of nitro groups is 1. The van der Waals surface area contributed by atoms with Crippen LogP contribution in [0.4, 0.5) is 10.8 Å². The average Bonchev–Trinajstić information content (AvgIpc) is 3.05. The first kappa shape index (κ1) is 15.4. The zero-order valence-corrected chi connectivity index (χ0v) is 13.2. The fourth-order valence-corrected chi connectivity index (χ4v) is 3.06. The number of hydrogen-bond acceptors (Lipinski definition) is 6. The van der Waals surface area contributed by atoms with E-state index in [-0.39, 0.29) is 5.69 Å². The molecule has 0 amide bonds. The molecular formula is C16H16N4O2S. The van der Waals surface area contributed by atoms with E-state index >= 15 is 0 Å². The molecule has 1 aromatic heterocycles. The molecule has 0 saturated carbocycles. The van der Waals surface area contributed by atoms with Crippen molar-refractivity contribution >= 4 is 28.4 Å². The highest BCUT2D eigenvalue weighted by atomic mass is 32.1. The van der Waals surface area contributed by atoms with Crippen LogP contribution in [0.15, 0.2) is 46.9 Å². The van der Waals surface area contributed by atoms with Gasteiger partial charge in [0.1, 0.15) is 0 Å². The molecule has 0 saturated heterocycles. The Morgan fingerprint density at radius 2 is 2.35 bits per heavy atom. The SMILES string of the molecule is O=[N+]([O-])c1cccc(-c2csc(N/N=C\[C@@H]3CC=CCC3)n2)c1. The largest absolute Gasteiger partial charge is 0.270 e. The summed E-state index contributed by atoms with van der Waals surface area (Å²) in [5.74, 6) is 0.476. The van der Waals surface area contributed by atoms with Crippen LogP contribution in [-0.2, 0) is 0 Å². The molecular weight excluding hydrogens is 312 g/mol. The van der Waals surface area contributed by atoms with Crippen LogP contribution in [0.25, 0.3) is 11.3 Å². The van der Waals surface area contributed by atoms with Gasteiger partial charge in [0, 0.05) is 29.3 Å². The van der Waals surface area contributed by atoms with E-state index < -0.39 is 4.92 Å². The standard InChI is InChI=1S/C16H16N4O2S/c21-20(22)14-8-4-7-13(9-14)15-11-23-16(18-15)19-17-10-12-5-2-1-3-6-12/h1-2,4,7-12H,3,5-6H2,(H,18,19)/b17-10-/t12-/m1/s1. The summed E-state index contributed by atoms with van der Waals surface area (Å²) in [5, 5.41) is 17.6. The highest BCUT2D eigenvalue weighted by molar-refractivity contribution is 7.14. The molecule has 23 heavy (non-hydrogen) atoms. The molecule has 0 spiro atoms. The summed E-state index contributed by atoms with van der Waals surface area (Å²) in [7, 11) is 0. The van der Waals surface area contributed by atoms with Gasteiger partial charge in [0.25, 0.3) is 5.69 Å². The van der Waals surface area contributed by atoms with Gasteiger partial charge in [-0.2, -0.15) is 5.10 Å². The summed E-state index contributed by atoms with van der Waals surface area (Å²) in [4.78, 5) is 14.8. The summed E-state index contributed by atoms with van der Waals surface area (Å²) >= 11 is 1.43. The molecule has 6 nitrogen and oxygen atoms in total. The lowest BCUT2D eigenvalue weighted by atomic mass is 9.96. The number of benzene rings is 1. The molecule has 2 aromatic rings. The minimum atomic E-state index is -0.405. The third kappa shape index (κ3) is 4.01. The van der Waals surface area contributed by atoms with Crippen LogP contribution in [0, 0.1) is 16.0 Å². The van der Waals surface area contributed by atoms with Gasteiger partial charge in [-0.05, 0) is 25.2 Å². The summed E-state index contributed by atoms with van der Waals surface area (Å²) in [6.07, 6.45) is 9.57. The number of non-ortho nitro benzene ring substituents is 1. The highest BCUT2D eigenvalue weighted by Gasteiger charge is 2.10. The fourth-order valence-electron chi connectivity index (χ4n) is 2.39. The molecule has 118 valence electrons. The number of nitrogens with zero attached hydrogens (tertiary/aromatic N) is 3. The fraction of sp³-hybridized carbons (Fsp3) is 0.250. The summed E-state index contributed by atoms with van der Waals surface area (Å²) in [6, 6.07) is 6.46. The third-order valence-corrected chi connectivity index (χ3v) is 4.36. The summed E-state index contributed by atoms with van der Waals surface area (Å²) in [6.45, 7) is 0. The van der Waals surface area contributed by atoms with E-state index in [0.29, 0.717) is 16.7 Å². The van der Waals surface area contributed by atoms with Crippen LogP contribution in [0.3, 0.4) is 0 Å². The highest BCUT2D eigenvalue weighted by Crippen LogP contribution is 2.27. The van der Waals surface area contributed by atoms with Gasteiger partial charge >= 0.3 is 0 Å². The first-order valence-electron chi connectivity index (χ1n) is 7.37. The number of anilines is 1. The third-order valence-electron chi connectivity index (χ3n) is 3.61. The van der Waals surface area contributed by atoms with E-state index in [9.17, 15) is 10.1 Å². The van der Waals surface area contributed by atoms with Gasteiger partial charge < -0.3 is 0 Å². The predicted octanol–water partition coefficient (Wildman–Crippen LogP) is 4.47. The van der Waals surface area contributed by atoms with Crippen LogP contribution in [0.5, 0.6) is 0 Å². The van der Waals surface area contributed by atoms with Crippen LogP contribution in [0.1, 0.15) is 19.3 Å². The van der Waals surface area contributed by atoms with Crippen molar-refractivity contribution in [1.29, 1.82) is 0 Å². The van der Waals surface area contributed by atoms with Crippen molar-refractivity contribution in [3.05, 3.63) is 51.9 Å². The minimum absolute atomic E-state index is 0.0633. The molecule has 3 rings (SSSR count). The molecule has 1 N–H and O–H groups in total. The molecule has 1 atom stereocenters. The Hall–Kier alpha value is -2.54. The lowest BCUT2D eigenvalue weighted by Gasteiger charge is -2.11. The monoisotopic (exact) mass is 328 g/mol. The van der Waals surface area contributed by atoms with E-state index in [1.807, 2.05) is 17.7 Å². The molecule has 0 unspecified atom stereocenters. The molecule has 1 aliphatic rings. The van der Waals surface area contributed by atoms with Crippen LogP contribution in [-0.4, -0.2) is 16.1 Å². The van der Waals surface area contributed by atoms with Crippen LogP contribution in [0.2, 0.25) is 0 Å². The number of aromatic nitrogens is 1. The van der Waals surface area contributed by atoms with Gasteiger partial charge in [-0.1, -0.05) is 24.3 Å². The smallest absolute Gasteiger partial charge is 0.258 e. The molecule has 7 heteroatoms. The topological polar surface area (TPSA) is 80.4 Å². The second-order valence-electron chi connectivity index (χ2n) is 5.28. The number of hydrazone groups is 1.